The quantitative estimate of drug-likeness (QED) is 0.414. The number of guanidine groups is 1. The minimum Gasteiger partial charge on any atom is -0.381 e. The van der Waals surface area contributed by atoms with Crippen molar-refractivity contribution >= 4 is 29.9 Å². The molecule has 2 fully saturated rings. The van der Waals surface area contributed by atoms with Crippen molar-refractivity contribution in [3.63, 3.8) is 0 Å². The second kappa shape index (κ2) is 9.81. The first-order chi connectivity index (χ1) is 9.69. The van der Waals surface area contributed by atoms with Crippen LogP contribution >= 0.6 is 24.0 Å². The minimum atomic E-state index is 0. The fourth-order valence-corrected chi connectivity index (χ4v) is 2.78. The molecule has 2 heterocycles. The summed E-state index contributed by atoms with van der Waals surface area (Å²) in [5.41, 5.74) is 0. The standard InChI is InChI=1S/C14H28N4O2.HI/c1-15-14(18(3)9-12-4-6-19-11-12)16-8-13-10-17(2)5-7-20-13;/h12-13H,4-11H2,1-3H3,(H,15,16);1H. The van der Waals surface area contributed by atoms with Gasteiger partial charge in [0.25, 0.3) is 0 Å². The normalized spacial score (nSPS) is 27.3. The van der Waals surface area contributed by atoms with E-state index in [2.05, 4.69) is 34.2 Å². The molecule has 2 atom stereocenters. The van der Waals surface area contributed by atoms with Crippen molar-refractivity contribution in [3.8, 4) is 0 Å². The molecule has 1 N–H and O–H groups in total. The summed E-state index contributed by atoms with van der Waals surface area (Å²) in [6.07, 6.45) is 1.39. The Bertz CT molecular complexity index is 324. The zero-order valence-electron chi connectivity index (χ0n) is 13.4. The predicted molar refractivity (Wildman–Crippen MR) is 95.6 cm³/mol. The Balaban J connectivity index is 0.00000220. The van der Waals surface area contributed by atoms with Crippen molar-refractivity contribution in [3.05, 3.63) is 0 Å². The maximum absolute atomic E-state index is 5.76. The average molecular weight is 412 g/mol. The minimum absolute atomic E-state index is 0. The Labute approximate surface area is 145 Å². The van der Waals surface area contributed by atoms with Gasteiger partial charge in [-0.2, -0.15) is 0 Å². The highest BCUT2D eigenvalue weighted by Crippen LogP contribution is 2.13. The molecule has 0 bridgehead atoms. The van der Waals surface area contributed by atoms with Crippen LogP contribution in [-0.4, -0.2) is 89.0 Å². The van der Waals surface area contributed by atoms with E-state index in [9.17, 15) is 0 Å². The summed E-state index contributed by atoms with van der Waals surface area (Å²) in [6, 6.07) is 0. The number of ether oxygens (including phenoxy) is 2. The Kier molecular flexibility index (Phi) is 8.84. The highest BCUT2D eigenvalue weighted by Gasteiger charge is 2.21. The Hall–Kier alpha value is -0.120. The third-order valence-corrected chi connectivity index (χ3v) is 3.96. The molecule has 0 aromatic heterocycles. The number of hydrogen-bond donors (Lipinski definition) is 1. The smallest absolute Gasteiger partial charge is 0.193 e. The van der Waals surface area contributed by atoms with E-state index >= 15 is 0 Å². The lowest BCUT2D eigenvalue weighted by Gasteiger charge is -2.31. The summed E-state index contributed by atoms with van der Waals surface area (Å²) in [5.74, 6) is 1.56. The summed E-state index contributed by atoms with van der Waals surface area (Å²) in [6.45, 7) is 6.38. The average Bonchev–Trinajstić information content (AvgIpc) is 2.92. The zero-order valence-corrected chi connectivity index (χ0v) is 15.7. The van der Waals surface area contributed by atoms with Gasteiger partial charge < -0.3 is 24.6 Å². The van der Waals surface area contributed by atoms with Crippen LogP contribution < -0.4 is 5.32 Å². The van der Waals surface area contributed by atoms with Gasteiger partial charge in [0.2, 0.25) is 0 Å². The summed E-state index contributed by atoms with van der Waals surface area (Å²) < 4.78 is 11.2. The van der Waals surface area contributed by atoms with Gasteiger partial charge in [0.1, 0.15) is 0 Å². The monoisotopic (exact) mass is 412 g/mol. The van der Waals surface area contributed by atoms with Crippen LogP contribution in [0.5, 0.6) is 0 Å². The second-order valence-corrected chi connectivity index (χ2v) is 5.79. The van der Waals surface area contributed by atoms with Gasteiger partial charge in [-0.1, -0.05) is 0 Å². The molecule has 0 saturated carbocycles. The highest BCUT2D eigenvalue weighted by atomic mass is 127. The number of hydrogen-bond acceptors (Lipinski definition) is 4. The third kappa shape index (κ3) is 6.25. The molecule has 2 aliphatic heterocycles. The van der Waals surface area contributed by atoms with E-state index in [1.165, 1.54) is 0 Å². The molecule has 124 valence electrons. The van der Waals surface area contributed by atoms with E-state index in [-0.39, 0.29) is 30.1 Å². The van der Waals surface area contributed by atoms with E-state index in [0.717, 1.165) is 58.4 Å². The van der Waals surface area contributed by atoms with Crippen molar-refractivity contribution < 1.29 is 9.47 Å². The number of nitrogens with one attached hydrogen (secondary N) is 1. The Morgan fingerprint density at radius 3 is 2.86 bits per heavy atom. The van der Waals surface area contributed by atoms with Gasteiger partial charge in [-0.15, -0.1) is 24.0 Å². The maximum atomic E-state index is 5.76. The van der Waals surface area contributed by atoms with Gasteiger partial charge in [0.05, 0.1) is 19.3 Å². The van der Waals surface area contributed by atoms with Crippen LogP contribution in [0.1, 0.15) is 6.42 Å². The number of rotatable bonds is 4. The van der Waals surface area contributed by atoms with Crippen LogP contribution in [0.4, 0.5) is 0 Å². The van der Waals surface area contributed by atoms with Gasteiger partial charge in [-0.25, -0.2) is 0 Å². The van der Waals surface area contributed by atoms with Crippen LogP contribution in [-0.2, 0) is 9.47 Å². The van der Waals surface area contributed by atoms with Crippen LogP contribution in [0, 0.1) is 5.92 Å². The molecule has 0 aromatic carbocycles. The fraction of sp³-hybridized carbons (Fsp3) is 0.929. The highest BCUT2D eigenvalue weighted by molar-refractivity contribution is 14.0. The molecule has 0 aliphatic carbocycles. The molecule has 0 aromatic rings. The molecule has 2 aliphatic rings. The second-order valence-electron chi connectivity index (χ2n) is 5.79. The van der Waals surface area contributed by atoms with Crippen LogP contribution in [0.2, 0.25) is 0 Å². The van der Waals surface area contributed by atoms with Crippen molar-refractivity contribution in [2.24, 2.45) is 10.9 Å². The number of nitrogens with zero attached hydrogens (tertiary/aromatic N) is 3. The predicted octanol–water partition coefficient (Wildman–Crippen LogP) is 0.479. The zero-order chi connectivity index (χ0) is 14.4. The van der Waals surface area contributed by atoms with E-state index in [4.69, 9.17) is 9.47 Å². The van der Waals surface area contributed by atoms with Gasteiger partial charge in [0.15, 0.2) is 5.96 Å². The Morgan fingerprint density at radius 1 is 1.43 bits per heavy atom. The van der Waals surface area contributed by atoms with Gasteiger partial charge in [-0.3, -0.25) is 4.99 Å². The van der Waals surface area contributed by atoms with Gasteiger partial charge >= 0.3 is 0 Å². The molecule has 21 heavy (non-hydrogen) atoms. The molecule has 6 nitrogen and oxygen atoms in total. The van der Waals surface area contributed by atoms with E-state index in [1.807, 2.05) is 7.05 Å². The van der Waals surface area contributed by atoms with E-state index in [0.29, 0.717) is 5.92 Å². The molecule has 0 spiro atoms. The number of halogens is 1. The maximum Gasteiger partial charge on any atom is 0.193 e. The molecule has 2 unspecified atom stereocenters. The summed E-state index contributed by atoms with van der Waals surface area (Å²) in [7, 11) is 6.05. The van der Waals surface area contributed by atoms with Crippen LogP contribution in [0.25, 0.3) is 0 Å². The third-order valence-electron chi connectivity index (χ3n) is 3.96. The number of aliphatic imine (C=N–C) groups is 1. The van der Waals surface area contributed by atoms with Gasteiger partial charge in [-0.05, 0) is 13.5 Å². The SMILES string of the molecule is CN=C(NCC1CN(C)CCO1)N(C)CC1CCOC1.I. The lowest BCUT2D eigenvalue weighted by atomic mass is 10.1. The fourth-order valence-electron chi connectivity index (χ4n) is 2.78. The molecule has 2 rings (SSSR count). The lowest BCUT2D eigenvalue weighted by Crippen LogP contribution is -2.49. The number of morpholine rings is 1. The first-order valence-corrected chi connectivity index (χ1v) is 7.48. The topological polar surface area (TPSA) is 49.3 Å². The van der Waals surface area contributed by atoms with Crippen molar-refractivity contribution in [2.75, 3.05) is 67.1 Å². The number of likely N-dealkylation sites (N-methyl/N-ethyl adjacent to an activating group) is 1. The molecule has 7 heteroatoms. The summed E-state index contributed by atoms with van der Waals surface area (Å²) in [5, 5.41) is 3.42. The van der Waals surface area contributed by atoms with E-state index in [1.54, 1.807) is 0 Å². The van der Waals surface area contributed by atoms with Crippen molar-refractivity contribution in [2.45, 2.75) is 12.5 Å². The first kappa shape index (κ1) is 18.9. The molecular weight excluding hydrogens is 383 g/mol. The first-order valence-electron chi connectivity index (χ1n) is 7.48. The summed E-state index contributed by atoms with van der Waals surface area (Å²) >= 11 is 0. The molecular formula is C14H29IN4O2. The molecule has 0 radical (unpaired) electrons. The molecule has 0 amide bonds. The van der Waals surface area contributed by atoms with Gasteiger partial charge in [0, 0.05) is 52.8 Å². The molecule has 2 saturated heterocycles. The van der Waals surface area contributed by atoms with E-state index < -0.39 is 0 Å². The lowest BCUT2D eigenvalue weighted by molar-refractivity contribution is -0.0163. The van der Waals surface area contributed by atoms with Crippen LogP contribution in [0.3, 0.4) is 0 Å². The van der Waals surface area contributed by atoms with Crippen molar-refractivity contribution in [1.82, 2.24) is 15.1 Å². The summed E-state index contributed by atoms with van der Waals surface area (Å²) in [4.78, 5) is 8.85. The van der Waals surface area contributed by atoms with Crippen LogP contribution in [0.15, 0.2) is 4.99 Å². The van der Waals surface area contributed by atoms with Crippen molar-refractivity contribution in [1.29, 1.82) is 0 Å². The largest absolute Gasteiger partial charge is 0.381 e. The Morgan fingerprint density at radius 2 is 2.24 bits per heavy atom.